The molecule has 1 aliphatic heterocycles. The third kappa shape index (κ3) is 6.02. The van der Waals surface area contributed by atoms with Gasteiger partial charge < -0.3 is 9.47 Å². The molecule has 1 heterocycles. The summed E-state index contributed by atoms with van der Waals surface area (Å²) in [6, 6.07) is 14.4. The molecule has 0 unspecified atom stereocenters. The summed E-state index contributed by atoms with van der Waals surface area (Å²) >= 11 is 6.78. The summed E-state index contributed by atoms with van der Waals surface area (Å²) in [5.41, 5.74) is 0.843. The van der Waals surface area contributed by atoms with Crippen molar-refractivity contribution in [3.63, 3.8) is 0 Å². The maximum Gasteiger partial charge on any atom is 0.293 e. The molecule has 1 saturated heterocycles. The van der Waals surface area contributed by atoms with Gasteiger partial charge in [-0.05, 0) is 66.2 Å². The Balaban J connectivity index is 1.55. The summed E-state index contributed by atoms with van der Waals surface area (Å²) in [7, 11) is 0. The van der Waals surface area contributed by atoms with Crippen molar-refractivity contribution in [3.8, 4) is 11.5 Å². The SMILES string of the molecule is CCCCOc1ccc(/C=C2\SC(=O)N(CCOc3ccc(Cl)cc3)C2=O)cc1. The van der Waals surface area contributed by atoms with E-state index in [-0.39, 0.29) is 24.3 Å². The van der Waals surface area contributed by atoms with Gasteiger partial charge in [0.1, 0.15) is 18.1 Å². The summed E-state index contributed by atoms with van der Waals surface area (Å²) in [4.78, 5) is 26.4. The van der Waals surface area contributed by atoms with Gasteiger partial charge in [-0.1, -0.05) is 37.1 Å². The zero-order chi connectivity index (χ0) is 20.6. The quantitative estimate of drug-likeness (QED) is 0.380. The molecule has 5 nitrogen and oxygen atoms in total. The molecule has 1 aliphatic rings. The Labute approximate surface area is 179 Å². The number of hydrogen-bond donors (Lipinski definition) is 0. The minimum atomic E-state index is -0.303. The van der Waals surface area contributed by atoms with Crippen LogP contribution < -0.4 is 9.47 Å². The number of imide groups is 1. The van der Waals surface area contributed by atoms with E-state index in [1.165, 1.54) is 4.90 Å². The van der Waals surface area contributed by atoms with E-state index in [1.54, 1.807) is 30.3 Å². The van der Waals surface area contributed by atoms with Crippen molar-refractivity contribution in [2.75, 3.05) is 19.8 Å². The van der Waals surface area contributed by atoms with Crippen LogP contribution in [0.5, 0.6) is 11.5 Å². The maximum atomic E-state index is 12.6. The van der Waals surface area contributed by atoms with E-state index in [0.717, 1.165) is 35.9 Å². The van der Waals surface area contributed by atoms with Gasteiger partial charge in [-0.3, -0.25) is 14.5 Å². The van der Waals surface area contributed by atoms with E-state index in [2.05, 4.69) is 6.92 Å². The second kappa shape index (κ2) is 10.4. The highest BCUT2D eigenvalue weighted by Gasteiger charge is 2.34. The van der Waals surface area contributed by atoms with Crippen LogP contribution in [0, 0.1) is 0 Å². The molecule has 3 rings (SSSR count). The lowest BCUT2D eigenvalue weighted by molar-refractivity contribution is -0.123. The molecule has 2 amide bonds. The number of hydrogen-bond acceptors (Lipinski definition) is 5. The number of carbonyl (C=O) groups excluding carboxylic acids is 2. The lowest BCUT2D eigenvalue weighted by atomic mass is 10.2. The Morgan fingerprint density at radius 2 is 1.59 bits per heavy atom. The van der Waals surface area contributed by atoms with Crippen LogP contribution in [-0.2, 0) is 4.79 Å². The molecule has 152 valence electrons. The molecule has 2 aromatic carbocycles. The van der Waals surface area contributed by atoms with E-state index in [1.807, 2.05) is 24.3 Å². The van der Waals surface area contributed by atoms with Crippen LogP contribution in [0.2, 0.25) is 5.02 Å². The van der Waals surface area contributed by atoms with Crippen LogP contribution >= 0.6 is 23.4 Å². The number of thioether (sulfide) groups is 1. The number of rotatable bonds is 9. The highest BCUT2D eigenvalue weighted by molar-refractivity contribution is 8.18. The molecule has 7 heteroatoms. The van der Waals surface area contributed by atoms with Crippen molar-refractivity contribution in [3.05, 3.63) is 64.0 Å². The van der Waals surface area contributed by atoms with Crippen molar-refractivity contribution >= 4 is 40.6 Å². The molecule has 0 atom stereocenters. The first-order chi connectivity index (χ1) is 14.1. The zero-order valence-electron chi connectivity index (χ0n) is 16.1. The Hall–Kier alpha value is -2.44. The normalized spacial score (nSPS) is 15.2. The summed E-state index contributed by atoms with van der Waals surface area (Å²) in [6.45, 7) is 3.21. The lowest BCUT2D eigenvalue weighted by Crippen LogP contribution is -2.32. The minimum Gasteiger partial charge on any atom is -0.494 e. The number of amides is 2. The van der Waals surface area contributed by atoms with E-state index in [0.29, 0.717) is 22.3 Å². The van der Waals surface area contributed by atoms with Crippen molar-refractivity contribution in [2.24, 2.45) is 0 Å². The molecule has 0 bridgehead atoms. The van der Waals surface area contributed by atoms with Crippen LogP contribution in [0.15, 0.2) is 53.4 Å². The molecule has 29 heavy (non-hydrogen) atoms. The standard InChI is InChI=1S/C22H22ClNO4S/c1-2-3-13-27-18-8-4-16(5-9-18)15-20-21(25)24(22(26)29-20)12-14-28-19-10-6-17(23)7-11-19/h4-11,15H,2-3,12-14H2,1H3/b20-15-. The molecule has 0 spiro atoms. The van der Waals surface area contributed by atoms with E-state index in [9.17, 15) is 9.59 Å². The smallest absolute Gasteiger partial charge is 0.293 e. The monoisotopic (exact) mass is 431 g/mol. The van der Waals surface area contributed by atoms with Gasteiger partial charge in [0.15, 0.2) is 0 Å². The fourth-order valence-corrected chi connectivity index (χ4v) is 3.62. The van der Waals surface area contributed by atoms with Gasteiger partial charge in [0.25, 0.3) is 11.1 Å². The van der Waals surface area contributed by atoms with Crippen LogP contribution in [0.4, 0.5) is 4.79 Å². The van der Waals surface area contributed by atoms with Gasteiger partial charge in [-0.15, -0.1) is 0 Å². The number of benzene rings is 2. The van der Waals surface area contributed by atoms with E-state index < -0.39 is 0 Å². The first kappa shape index (κ1) is 21.3. The van der Waals surface area contributed by atoms with E-state index >= 15 is 0 Å². The largest absolute Gasteiger partial charge is 0.494 e. The summed E-state index contributed by atoms with van der Waals surface area (Å²) < 4.78 is 11.2. The van der Waals surface area contributed by atoms with Gasteiger partial charge in [0.2, 0.25) is 0 Å². The molecule has 1 fully saturated rings. The average Bonchev–Trinajstić information content (AvgIpc) is 2.98. The molecular weight excluding hydrogens is 410 g/mol. The average molecular weight is 432 g/mol. The number of unbranched alkanes of at least 4 members (excludes halogenated alkanes) is 1. The van der Waals surface area contributed by atoms with E-state index in [4.69, 9.17) is 21.1 Å². The first-order valence-corrected chi connectivity index (χ1v) is 10.6. The second-order valence-corrected chi connectivity index (χ2v) is 7.84. The number of nitrogens with zero attached hydrogens (tertiary/aromatic N) is 1. The highest BCUT2D eigenvalue weighted by Crippen LogP contribution is 2.32. The Kier molecular flexibility index (Phi) is 7.61. The Morgan fingerprint density at radius 1 is 0.966 bits per heavy atom. The predicted octanol–water partition coefficient (Wildman–Crippen LogP) is 5.63. The zero-order valence-corrected chi connectivity index (χ0v) is 17.7. The van der Waals surface area contributed by atoms with Gasteiger partial charge in [-0.25, -0.2) is 0 Å². The van der Waals surface area contributed by atoms with Crippen molar-refractivity contribution in [1.29, 1.82) is 0 Å². The maximum absolute atomic E-state index is 12.6. The molecule has 0 aromatic heterocycles. The predicted molar refractivity (Wildman–Crippen MR) is 116 cm³/mol. The summed E-state index contributed by atoms with van der Waals surface area (Å²) in [6.07, 6.45) is 3.82. The van der Waals surface area contributed by atoms with Crippen molar-refractivity contribution in [2.45, 2.75) is 19.8 Å². The molecule has 0 aliphatic carbocycles. The van der Waals surface area contributed by atoms with Gasteiger partial charge in [0.05, 0.1) is 18.1 Å². The van der Waals surface area contributed by atoms with Crippen LogP contribution in [0.25, 0.3) is 6.08 Å². The molecule has 0 saturated carbocycles. The second-order valence-electron chi connectivity index (χ2n) is 6.41. The third-order valence-electron chi connectivity index (χ3n) is 4.22. The minimum absolute atomic E-state index is 0.189. The van der Waals surface area contributed by atoms with Crippen LogP contribution in [0.3, 0.4) is 0 Å². The Bertz CT molecular complexity index is 881. The van der Waals surface area contributed by atoms with Gasteiger partial charge >= 0.3 is 0 Å². The first-order valence-electron chi connectivity index (χ1n) is 9.43. The lowest BCUT2D eigenvalue weighted by Gasteiger charge is -2.13. The highest BCUT2D eigenvalue weighted by atomic mass is 35.5. The van der Waals surface area contributed by atoms with Crippen LogP contribution in [-0.4, -0.2) is 35.8 Å². The van der Waals surface area contributed by atoms with Gasteiger partial charge in [0, 0.05) is 5.02 Å². The molecule has 0 radical (unpaired) electrons. The van der Waals surface area contributed by atoms with Crippen LogP contribution in [0.1, 0.15) is 25.3 Å². The number of carbonyl (C=O) groups is 2. The summed E-state index contributed by atoms with van der Waals surface area (Å²) in [5.74, 6) is 1.13. The number of ether oxygens (including phenoxy) is 2. The molecular formula is C22H22ClNO4S. The van der Waals surface area contributed by atoms with Gasteiger partial charge in [-0.2, -0.15) is 0 Å². The van der Waals surface area contributed by atoms with Crippen molar-refractivity contribution in [1.82, 2.24) is 4.90 Å². The van der Waals surface area contributed by atoms with Crippen molar-refractivity contribution < 1.29 is 19.1 Å². The Morgan fingerprint density at radius 3 is 2.24 bits per heavy atom. The third-order valence-corrected chi connectivity index (χ3v) is 5.37. The number of halogens is 1. The fraction of sp³-hybridized carbons (Fsp3) is 0.273. The molecule has 2 aromatic rings. The topological polar surface area (TPSA) is 55.8 Å². The summed E-state index contributed by atoms with van der Waals surface area (Å²) in [5, 5.41) is 0.328. The fourth-order valence-electron chi connectivity index (χ4n) is 2.62. The molecule has 0 N–H and O–H groups in total.